The number of ether oxygens (including phenoxy) is 1. The first-order valence-electron chi connectivity index (χ1n) is 13.6. The highest BCUT2D eigenvalue weighted by atomic mass is 79.9. The number of amides is 1. The van der Waals surface area contributed by atoms with Crippen molar-refractivity contribution in [3.63, 3.8) is 0 Å². The number of aromatic nitrogens is 3. The Morgan fingerprint density at radius 3 is 2.48 bits per heavy atom. The second-order valence-corrected chi connectivity index (χ2v) is 12.4. The van der Waals surface area contributed by atoms with Gasteiger partial charge >= 0.3 is 12.3 Å². The lowest BCUT2D eigenvalue weighted by Crippen LogP contribution is -2.41. The van der Waals surface area contributed by atoms with Crippen molar-refractivity contribution in [2.75, 3.05) is 17.2 Å². The first kappa shape index (κ1) is 33.5. The van der Waals surface area contributed by atoms with Gasteiger partial charge in [0.25, 0.3) is 0 Å². The molecule has 4 aromatic rings. The summed E-state index contributed by atoms with van der Waals surface area (Å²) in [5.74, 6) is -0.0158. The van der Waals surface area contributed by atoms with E-state index in [2.05, 4.69) is 41.1 Å². The average Bonchev–Trinajstić information content (AvgIpc) is 3.64. The number of benzene rings is 3. The fourth-order valence-electron chi connectivity index (χ4n) is 4.34. The zero-order valence-electron chi connectivity index (χ0n) is 24.1. The van der Waals surface area contributed by atoms with Crippen LogP contribution in [-0.4, -0.2) is 55.5 Å². The number of aliphatic imine (C=N–C) groups is 1. The van der Waals surface area contributed by atoms with E-state index in [1.165, 1.54) is 34.9 Å². The van der Waals surface area contributed by atoms with Crippen LogP contribution in [0.4, 0.5) is 27.6 Å². The van der Waals surface area contributed by atoms with Gasteiger partial charge in [0.05, 0.1) is 17.1 Å². The predicted octanol–water partition coefficient (Wildman–Crippen LogP) is 7.65. The van der Waals surface area contributed by atoms with Crippen molar-refractivity contribution in [2.24, 2.45) is 4.99 Å². The number of carbonyl (C=O) groups is 1. The Balaban J connectivity index is 1.19. The van der Waals surface area contributed by atoms with Crippen LogP contribution in [0.1, 0.15) is 24.0 Å². The molecular weight excluding hydrogens is 715 g/mol. The minimum Gasteiger partial charge on any atom is -0.426 e. The lowest BCUT2D eigenvalue weighted by atomic mass is 10.00. The molecule has 1 saturated heterocycles. The van der Waals surface area contributed by atoms with E-state index in [-0.39, 0.29) is 22.7 Å². The molecule has 46 heavy (non-hydrogen) atoms. The van der Waals surface area contributed by atoms with Gasteiger partial charge in [0, 0.05) is 16.6 Å². The van der Waals surface area contributed by atoms with Crippen molar-refractivity contribution in [1.29, 1.82) is 0 Å². The number of aryl methyl sites for hydroxylation is 1. The number of rotatable bonds is 8. The van der Waals surface area contributed by atoms with Crippen molar-refractivity contribution in [1.82, 2.24) is 20.1 Å². The van der Waals surface area contributed by atoms with Crippen molar-refractivity contribution in [3.05, 3.63) is 88.7 Å². The van der Waals surface area contributed by atoms with Crippen molar-refractivity contribution in [3.8, 4) is 22.8 Å². The summed E-state index contributed by atoms with van der Waals surface area (Å²) in [6, 6.07) is 17.8. The molecule has 0 radical (unpaired) electrons. The Bertz CT molecular complexity index is 1780. The average molecular weight is 740 g/mol. The molecule has 1 amide bonds. The largest absolute Gasteiger partial charge is 0.499 e. The smallest absolute Gasteiger partial charge is 0.426 e. The fraction of sp³-hybridized carbons (Fsp3) is 0.233. The van der Waals surface area contributed by atoms with Crippen molar-refractivity contribution < 1.29 is 31.5 Å². The van der Waals surface area contributed by atoms with E-state index < -0.39 is 18.0 Å². The number of nitrogens with one attached hydrogen (secondary N) is 1. The topological polar surface area (TPSA) is 84.6 Å². The predicted molar refractivity (Wildman–Crippen MR) is 174 cm³/mol. The Labute approximate surface area is 278 Å². The van der Waals surface area contributed by atoms with Gasteiger partial charge in [-0.1, -0.05) is 64.9 Å². The molecule has 1 aromatic heterocycles. The van der Waals surface area contributed by atoms with Gasteiger partial charge in [-0.25, -0.2) is 9.67 Å². The molecule has 0 bridgehead atoms. The second-order valence-electron chi connectivity index (χ2n) is 10.2. The summed E-state index contributed by atoms with van der Waals surface area (Å²) < 4.78 is 69.6. The monoisotopic (exact) mass is 738 g/mol. The number of halogens is 6. The molecule has 1 unspecified atom stereocenters. The van der Waals surface area contributed by atoms with E-state index in [9.17, 15) is 26.7 Å². The first-order valence-corrected chi connectivity index (χ1v) is 15.7. The highest BCUT2D eigenvalue weighted by molar-refractivity contribution is 9.10. The number of thioether (sulfide) groups is 1. The van der Waals surface area contributed by atoms with Crippen LogP contribution in [-0.2, 0) is 4.79 Å². The molecule has 16 heteroatoms. The molecule has 1 fully saturated rings. The summed E-state index contributed by atoms with van der Waals surface area (Å²) in [5.41, 5.74) is 3.78. The molecule has 8 nitrogen and oxygen atoms in total. The van der Waals surface area contributed by atoms with E-state index in [1.807, 2.05) is 56.3 Å². The first-order chi connectivity index (χ1) is 21.7. The summed E-state index contributed by atoms with van der Waals surface area (Å²) in [6.45, 7) is 4.44. The van der Waals surface area contributed by atoms with Crippen LogP contribution in [0.15, 0.2) is 82.5 Å². The van der Waals surface area contributed by atoms with Crippen LogP contribution in [0.2, 0.25) is 0 Å². The highest BCUT2D eigenvalue weighted by Gasteiger charge is 2.61. The van der Waals surface area contributed by atoms with E-state index >= 15 is 0 Å². The maximum absolute atomic E-state index is 13.2. The van der Waals surface area contributed by atoms with Gasteiger partial charge in [0.1, 0.15) is 12.1 Å². The van der Waals surface area contributed by atoms with E-state index in [0.29, 0.717) is 28.8 Å². The summed E-state index contributed by atoms with van der Waals surface area (Å²) >= 11 is 10.3. The Morgan fingerprint density at radius 1 is 1.11 bits per heavy atom. The summed E-state index contributed by atoms with van der Waals surface area (Å²) in [7, 11) is 0. The van der Waals surface area contributed by atoms with E-state index in [0.717, 1.165) is 33.4 Å². The Morgan fingerprint density at radius 2 is 1.80 bits per heavy atom. The summed E-state index contributed by atoms with van der Waals surface area (Å²) in [6.07, 6.45) is -9.75. The van der Waals surface area contributed by atoms with Crippen LogP contribution in [0.25, 0.3) is 17.1 Å². The van der Waals surface area contributed by atoms with Crippen LogP contribution >= 0.6 is 39.9 Å². The molecule has 1 aliphatic heterocycles. The quantitative estimate of drug-likeness (QED) is 0.147. The Kier molecular flexibility index (Phi) is 9.79. The maximum atomic E-state index is 13.2. The van der Waals surface area contributed by atoms with Crippen molar-refractivity contribution in [2.45, 2.75) is 32.1 Å². The van der Waals surface area contributed by atoms with Crippen LogP contribution < -0.4 is 15.0 Å². The fourth-order valence-corrected chi connectivity index (χ4v) is 5.79. The van der Waals surface area contributed by atoms with Gasteiger partial charge in [0.2, 0.25) is 5.91 Å². The molecule has 1 aliphatic rings. The molecule has 1 atom stereocenters. The SMILES string of the molecule is Cc1ccc(Br)cc1N1C(=O)CSC1=NC(=S)NCC(C)c1ccc(-c2ncn(-c3ccc(OC(F)(F)C(F)(F)F)cc3)n2)cc1. The minimum atomic E-state index is -5.84. The molecule has 0 spiro atoms. The number of anilines is 1. The highest BCUT2D eigenvalue weighted by Crippen LogP contribution is 2.37. The molecule has 1 N–H and O–H groups in total. The standard InChI is InChI=1S/C30H24BrF5N6O2S2/c1-17-3-8-21(31)13-24(17)42-25(43)15-46-28(42)39-27(45)37-14-18(2)19-4-6-20(7-5-19)26-38-16-41(40-26)22-9-11-23(12-10-22)44-30(35,36)29(32,33)34/h3-13,16,18H,14-15H2,1-2H3,(H,37,45). The Hall–Kier alpha value is -3.89. The lowest BCUT2D eigenvalue weighted by Gasteiger charge is -2.20. The number of hydrogen-bond donors (Lipinski definition) is 1. The zero-order valence-corrected chi connectivity index (χ0v) is 27.3. The van der Waals surface area contributed by atoms with Gasteiger partial charge in [0.15, 0.2) is 16.1 Å². The number of nitrogens with zero attached hydrogens (tertiary/aromatic N) is 5. The molecule has 2 heterocycles. The molecular formula is C30H24BrF5N6O2S2. The molecule has 240 valence electrons. The third-order valence-electron chi connectivity index (χ3n) is 6.84. The summed E-state index contributed by atoms with van der Waals surface area (Å²) in [5, 5.41) is 8.32. The van der Waals surface area contributed by atoms with Crippen molar-refractivity contribution >= 4 is 61.8 Å². The van der Waals surface area contributed by atoms with Gasteiger partial charge in [-0.05, 0) is 72.6 Å². The molecule has 0 saturated carbocycles. The number of thiocarbonyl (C=S) groups is 1. The number of amidine groups is 1. The van der Waals surface area contributed by atoms with Gasteiger partial charge < -0.3 is 10.1 Å². The third-order valence-corrected chi connectivity index (χ3v) is 8.49. The van der Waals surface area contributed by atoms with Gasteiger partial charge in [-0.3, -0.25) is 9.69 Å². The second kappa shape index (κ2) is 13.5. The van der Waals surface area contributed by atoms with Crippen LogP contribution in [0.3, 0.4) is 0 Å². The molecule has 0 aliphatic carbocycles. The zero-order chi connectivity index (χ0) is 33.2. The number of hydrogen-bond acceptors (Lipinski definition) is 6. The van der Waals surface area contributed by atoms with E-state index in [1.54, 1.807) is 4.90 Å². The van der Waals surface area contributed by atoms with Gasteiger partial charge in [-0.15, -0.1) is 5.10 Å². The third kappa shape index (κ3) is 7.56. The van der Waals surface area contributed by atoms with Gasteiger partial charge in [-0.2, -0.15) is 26.9 Å². The van der Waals surface area contributed by atoms with Crippen LogP contribution in [0, 0.1) is 6.92 Å². The normalized spacial score (nSPS) is 15.3. The number of carbonyl (C=O) groups excluding carboxylic acids is 1. The minimum absolute atomic E-state index is 0.0458. The summed E-state index contributed by atoms with van der Waals surface area (Å²) in [4.78, 5) is 23.0. The van der Waals surface area contributed by atoms with E-state index in [4.69, 9.17) is 12.2 Å². The number of alkyl halides is 5. The lowest BCUT2D eigenvalue weighted by molar-refractivity contribution is -0.360. The van der Waals surface area contributed by atoms with Crippen LogP contribution in [0.5, 0.6) is 5.75 Å². The maximum Gasteiger partial charge on any atom is 0.499 e. The molecule has 3 aromatic carbocycles. The molecule has 5 rings (SSSR count).